The lowest BCUT2D eigenvalue weighted by molar-refractivity contribution is 1.19. The van der Waals surface area contributed by atoms with Crippen molar-refractivity contribution in [3.05, 3.63) is 340 Å². The van der Waals surface area contributed by atoms with Gasteiger partial charge >= 0.3 is 34.2 Å². The predicted molar refractivity (Wildman–Crippen MR) is 477 cm³/mol. The van der Waals surface area contributed by atoms with Gasteiger partial charge in [0.05, 0.1) is 0 Å². The number of fused-ring (bicyclic) bond motifs is 25. The molecule has 0 fully saturated rings. The lowest BCUT2D eigenvalue weighted by Gasteiger charge is -2.51. The summed E-state index contributed by atoms with van der Waals surface area (Å²) in [6.07, 6.45) is 12.0. The summed E-state index contributed by atoms with van der Waals surface area (Å²) in [6, 6.07) is 119. The van der Waals surface area contributed by atoms with Crippen LogP contribution in [0.4, 0.5) is 68.2 Å². The third kappa shape index (κ3) is 6.65. The molecular formula is C100H56B5N9. The minimum atomic E-state index is -0.316. The van der Waals surface area contributed by atoms with Gasteiger partial charge < -0.3 is 42.0 Å². The van der Waals surface area contributed by atoms with E-state index in [2.05, 4.69) is 382 Å². The second-order valence-electron chi connectivity index (χ2n) is 32.9. The van der Waals surface area contributed by atoms with E-state index in [9.17, 15) is 0 Å². The molecule has 0 spiro atoms. The van der Waals surface area contributed by atoms with Crippen molar-refractivity contribution in [2.45, 2.75) is 0 Å². The molecule has 14 heteroatoms. The molecule has 0 amide bonds. The zero-order chi connectivity index (χ0) is 73.1. The van der Waals surface area contributed by atoms with Crippen LogP contribution in [-0.4, -0.2) is 56.6 Å². The molecule has 15 heterocycles. The number of rotatable bonds is 4. The van der Waals surface area contributed by atoms with Crippen molar-refractivity contribution in [1.29, 1.82) is 0 Å². The van der Waals surface area contributed by atoms with Gasteiger partial charge in [0.1, 0.15) is 0 Å². The molecule has 0 aliphatic carbocycles. The molecule has 0 saturated heterocycles. The summed E-state index contributed by atoms with van der Waals surface area (Å²) < 4.78 is 13.3. The van der Waals surface area contributed by atoms with E-state index in [0.717, 1.165) is 17.1 Å². The largest absolute Gasteiger partial charge is 0.382 e. The first kappa shape index (κ1) is 58.5. The van der Waals surface area contributed by atoms with E-state index >= 15 is 0 Å². The van der Waals surface area contributed by atoms with Crippen molar-refractivity contribution in [2.24, 2.45) is 0 Å². The molecule has 114 heavy (non-hydrogen) atoms. The minimum absolute atomic E-state index is 0.0310. The summed E-state index contributed by atoms with van der Waals surface area (Å²) in [6.45, 7) is -0.869. The molecule has 10 aliphatic rings. The number of hydrogen-bond acceptors (Lipinski definition) is 4. The van der Waals surface area contributed by atoms with Crippen LogP contribution in [0.1, 0.15) is 0 Å². The van der Waals surface area contributed by atoms with Crippen LogP contribution >= 0.6 is 0 Å². The fourth-order valence-corrected chi connectivity index (χ4v) is 24.1. The molecule has 516 valence electrons. The number of hydrogen-bond donors (Lipinski definition) is 0. The molecule has 0 bridgehead atoms. The smallest absolute Gasteiger partial charge is 0.334 e. The first-order valence-electron chi connectivity index (χ1n) is 40.1. The number of benzene rings is 15. The zero-order valence-electron chi connectivity index (χ0n) is 61.2. The molecule has 0 saturated carbocycles. The Morgan fingerprint density at radius 1 is 0.184 bits per heavy atom. The number of anilines is 12. The molecule has 5 aromatic heterocycles. The van der Waals surface area contributed by atoms with Gasteiger partial charge in [-0.25, -0.2) is 0 Å². The first-order valence-corrected chi connectivity index (χ1v) is 40.1. The average molecular weight is 1440 g/mol. The van der Waals surface area contributed by atoms with Crippen molar-refractivity contribution in [1.82, 2.24) is 22.4 Å². The molecular weight excluding hydrogens is 1380 g/mol. The highest BCUT2D eigenvalue weighted by molar-refractivity contribution is 7.00. The van der Waals surface area contributed by atoms with E-state index in [1.165, 1.54) is 227 Å². The van der Waals surface area contributed by atoms with Crippen LogP contribution in [0.3, 0.4) is 0 Å². The van der Waals surface area contributed by atoms with E-state index in [4.69, 9.17) is 0 Å². The van der Waals surface area contributed by atoms with Gasteiger partial charge in [0.15, 0.2) is 0 Å². The Bertz CT molecular complexity index is 7840. The molecule has 10 aliphatic heterocycles. The second-order valence-corrected chi connectivity index (χ2v) is 32.9. The highest BCUT2D eigenvalue weighted by Gasteiger charge is 2.57. The standard InChI is InChI=1S/C100H56B5N9/c1-4-23-62(24-5-1)111-81-39-17-29-66-69-32-15-21-58-46-51-108(93(58)69)104(84(66)81)90-98(111)89-99(112(63-25-6-2-7-26-63)82-40-18-30-67-70-33-14-20-57-45-50-107(92(57)70)103(89)85(67)82)91-100(90)113(64-27-8-3-9-28-64)83-41-19-31-68-76-55-61(54-60-47-52-109(95(60)76)105(91)86(68)83)65-42-43-72-75-56-74-71-34-16-22-59-44-49-106(94(59)71)101-77-35-10-12-37-79(77)114-80-38-13-11-36-78(80)102(88(75)97(114)87(74)101)110-53-48-73(65)96(72)110/h1-56H. The van der Waals surface area contributed by atoms with Gasteiger partial charge in [0, 0.05) is 129 Å². The van der Waals surface area contributed by atoms with Gasteiger partial charge in [-0.2, -0.15) is 0 Å². The SMILES string of the molecule is c1ccc(N2c3cccc4c3B(c3c2c2c(c5c3N(c3ccccc3)c3cccc6c3B5n3ccc5cc(-c7ccc8c9c7ccn9B7c9ccccc9N9c%10ccccc%10B%10c%11c(cc-8c7c%119)-c7cccc8ccn%10c78)cc-6c53)N(c3ccccc3)c3cccc5c3B2n2ccc3cccc-5c32)n2ccc3cccc-4c32)cc1. The van der Waals surface area contributed by atoms with Crippen LogP contribution < -0.4 is 74.2 Å². The zero-order valence-corrected chi connectivity index (χ0v) is 61.2. The maximum absolute atomic E-state index is 2.72. The van der Waals surface area contributed by atoms with Gasteiger partial charge in [-0.15, -0.1) is 0 Å². The van der Waals surface area contributed by atoms with Crippen LogP contribution in [0.15, 0.2) is 340 Å². The molecule has 0 N–H and O–H groups in total. The van der Waals surface area contributed by atoms with Crippen LogP contribution in [-0.2, 0) is 0 Å². The summed E-state index contributed by atoms with van der Waals surface area (Å²) >= 11 is 0. The third-order valence-corrected chi connectivity index (χ3v) is 28.0. The van der Waals surface area contributed by atoms with E-state index in [1.807, 2.05) is 0 Å². The summed E-state index contributed by atoms with van der Waals surface area (Å²) in [5.41, 5.74) is 49.1. The Labute approximate surface area is 656 Å². The molecule has 0 unspecified atom stereocenters. The molecule has 0 atom stereocenters. The van der Waals surface area contributed by atoms with Crippen molar-refractivity contribution < 1.29 is 0 Å². The van der Waals surface area contributed by atoms with Crippen LogP contribution in [0.5, 0.6) is 0 Å². The number of para-hydroxylation sites is 8. The maximum Gasteiger partial charge on any atom is 0.334 e. The molecule has 20 aromatic rings. The molecule has 0 radical (unpaired) electrons. The highest BCUT2D eigenvalue weighted by atomic mass is 15.2. The second kappa shape index (κ2) is 20.2. The monoisotopic (exact) mass is 1440 g/mol. The molecule has 15 aromatic carbocycles. The van der Waals surface area contributed by atoms with Crippen LogP contribution in [0, 0.1) is 0 Å². The predicted octanol–water partition coefficient (Wildman–Crippen LogP) is 16.7. The van der Waals surface area contributed by atoms with E-state index in [-0.39, 0.29) is 34.2 Å². The van der Waals surface area contributed by atoms with Gasteiger partial charge in [0.25, 0.3) is 0 Å². The Kier molecular flexibility index (Phi) is 10.3. The number of aromatic nitrogens is 5. The fourth-order valence-electron chi connectivity index (χ4n) is 24.1. The van der Waals surface area contributed by atoms with Gasteiger partial charge in [-0.3, -0.25) is 0 Å². The minimum Gasteiger partial charge on any atom is -0.382 e. The average Bonchev–Trinajstić information content (AvgIpc) is 0.985. The van der Waals surface area contributed by atoms with E-state index in [0.29, 0.717) is 0 Å². The summed E-state index contributed by atoms with van der Waals surface area (Å²) in [5, 5.41) is 6.23. The topological polar surface area (TPSA) is 37.6 Å². The molecule has 30 rings (SSSR count). The van der Waals surface area contributed by atoms with Crippen molar-refractivity contribution >= 4 is 212 Å². The molecule has 9 nitrogen and oxygen atoms in total. The van der Waals surface area contributed by atoms with Crippen molar-refractivity contribution in [2.75, 3.05) is 19.6 Å². The Balaban J connectivity index is 0.712. The lowest BCUT2D eigenvalue weighted by Crippen LogP contribution is -2.69. The Morgan fingerprint density at radius 3 is 1.00 bits per heavy atom. The van der Waals surface area contributed by atoms with Crippen LogP contribution in [0.2, 0.25) is 0 Å². The fraction of sp³-hybridized carbons (Fsp3) is 0. The first-order chi connectivity index (χ1) is 56.7. The van der Waals surface area contributed by atoms with E-state index in [1.54, 1.807) is 0 Å². The summed E-state index contributed by atoms with van der Waals surface area (Å²) in [7, 11) is 0. The van der Waals surface area contributed by atoms with Crippen LogP contribution in [0.25, 0.3) is 121 Å². The summed E-state index contributed by atoms with van der Waals surface area (Å²) in [4.78, 5) is 10.8. The Morgan fingerprint density at radius 2 is 0.526 bits per heavy atom. The highest BCUT2D eigenvalue weighted by Crippen LogP contribution is 2.56. The van der Waals surface area contributed by atoms with Crippen molar-refractivity contribution in [3.8, 4) is 66.8 Å². The quantitative estimate of drug-likeness (QED) is 0.165. The number of nitrogens with zero attached hydrogens (tertiary/aromatic N) is 9. The van der Waals surface area contributed by atoms with Crippen molar-refractivity contribution in [3.63, 3.8) is 0 Å². The normalized spacial score (nSPS) is 14.5. The Hall–Kier alpha value is -14.5. The third-order valence-electron chi connectivity index (χ3n) is 28.0. The van der Waals surface area contributed by atoms with Gasteiger partial charge in [-0.05, 0) is 261 Å². The van der Waals surface area contributed by atoms with Gasteiger partial charge in [-0.1, -0.05) is 194 Å². The lowest BCUT2D eigenvalue weighted by atomic mass is 9.36. The van der Waals surface area contributed by atoms with Gasteiger partial charge in [0.2, 0.25) is 0 Å². The maximum atomic E-state index is 2.72. The summed E-state index contributed by atoms with van der Waals surface area (Å²) in [5.74, 6) is 0. The van der Waals surface area contributed by atoms with E-state index < -0.39 is 0 Å².